The maximum atomic E-state index is 12.4. The Balaban J connectivity index is 1.89. The summed E-state index contributed by atoms with van der Waals surface area (Å²) < 4.78 is 38.3. The van der Waals surface area contributed by atoms with Crippen LogP contribution >= 0.6 is 0 Å². The summed E-state index contributed by atoms with van der Waals surface area (Å²) in [5, 5.41) is 10.2. The van der Waals surface area contributed by atoms with Crippen molar-refractivity contribution in [3.05, 3.63) is 18.2 Å². The molecule has 1 atom stereocenters. The Bertz CT molecular complexity index is 566. The monoisotopic (exact) mass is 362 g/mol. The molecule has 2 heterocycles. The lowest BCUT2D eigenvalue weighted by Crippen LogP contribution is -2.44. The molecule has 1 aromatic rings. The average molecular weight is 362 g/mol. The molecule has 0 aliphatic carbocycles. The van der Waals surface area contributed by atoms with Crippen LogP contribution in [0.15, 0.2) is 12.4 Å². The molecule has 0 spiro atoms. The Hall–Kier alpha value is -1.61. The number of carbonyl (C=O) groups is 1. The number of carbonyl (C=O) groups excluding carboxylic acids is 1. The number of rotatable bonds is 6. The van der Waals surface area contributed by atoms with E-state index < -0.39 is 18.7 Å². The number of hydrogen-bond donors (Lipinski definition) is 1. The standard InChI is InChI=1S/C16H25F3N4O2/c1-21(2)12-3-7-22(8-4-12)14(25)11-13(24)15-20-6-10-23(15)9-5-16(17,18)19/h6,10,12-13,24H,3-5,7-9,11H2,1-2H3/t13-/m0/s1. The fraction of sp³-hybridized carbons (Fsp3) is 0.750. The third kappa shape index (κ3) is 5.71. The van der Waals surface area contributed by atoms with E-state index in [0.29, 0.717) is 19.1 Å². The first-order chi connectivity index (χ1) is 11.7. The van der Waals surface area contributed by atoms with Crippen LogP contribution in [0.25, 0.3) is 0 Å². The van der Waals surface area contributed by atoms with E-state index in [1.807, 2.05) is 14.1 Å². The molecule has 0 aromatic carbocycles. The largest absolute Gasteiger partial charge is 0.390 e. The van der Waals surface area contributed by atoms with Gasteiger partial charge in [0.1, 0.15) is 11.9 Å². The number of aliphatic hydroxyl groups is 1. The molecule has 0 unspecified atom stereocenters. The predicted molar refractivity (Wildman–Crippen MR) is 85.8 cm³/mol. The number of nitrogens with zero attached hydrogens (tertiary/aromatic N) is 4. The van der Waals surface area contributed by atoms with Gasteiger partial charge in [0.15, 0.2) is 0 Å². The molecule has 1 aromatic heterocycles. The van der Waals surface area contributed by atoms with Gasteiger partial charge in [-0.1, -0.05) is 0 Å². The minimum absolute atomic E-state index is 0.0979. The van der Waals surface area contributed by atoms with Crippen molar-refractivity contribution in [2.24, 2.45) is 0 Å². The summed E-state index contributed by atoms with van der Waals surface area (Å²) in [6.45, 7) is 0.923. The first-order valence-corrected chi connectivity index (χ1v) is 8.37. The molecule has 0 bridgehead atoms. The number of aryl methyl sites for hydroxylation is 1. The van der Waals surface area contributed by atoms with Gasteiger partial charge in [-0.05, 0) is 26.9 Å². The number of alkyl halides is 3. The molecule has 1 N–H and O–H groups in total. The molecule has 25 heavy (non-hydrogen) atoms. The summed E-state index contributed by atoms with van der Waals surface area (Å²) in [6, 6.07) is 0.440. The fourth-order valence-electron chi connectivity index (χ4n) is 3.07. The summed E-state index contributed by atoms with van der Waals surface area (Å²) >= 11 is 0. The molecule has 2 rings (SSSR count). The van der Waals surface area contributed by atoms with Gasteiger partial charge in [-0.3, -0.25) is 4.79 Å². The van der Waals surface area contributed by atoms with E-state index in [0.717, 1.165) is 12.8 Å². The van der Waals surface area contributed by atoms with Gasteiger partial charge in [0.25, 0.3) is 0 Å². The molecule has 0 saturated carbocycles. The molecule has 1 fully saturated rings. The highest BCUT2D eigenvalue weighted by atomic mass is 19.4. The number of aliphatic hydroxyl groups excluding tert-OH is 1. The van der Waals surface area contributed by atoms with E-state index in [2.05, 4.69) is 9.88 Å². The maximum absolute atomic E-state index is 12.4. The Kier molecular flexibility index (Phi) is 6.45. The Labute approximate surface area is 145 Å². The third-order valence-corrected chi connectivity index (χ3v) is 4.60. The van der Waals surface area contributed by atoms with Gasteiger partial charge in [0, 0.05) is 38.1 Å². The van der Waals surface area contributed by atoms with Crippen molar-refractivity contribution in [1.82, 2.24) is 19.4 Å². The van der Waals surface area contributed by atoms with Gasteiger partial charge in [-0.15, -0.1) is 0 Å². The van der Waals surface area contributed by atoms with E-state index in [4.69, 9.17) is 0 Å². The zero-order valence-electron chi connectivity index (χ0n) is 14.5. The summed E-state index contributed by atoms with van der Waals surface area (Å²) in [5.74, 6) is -0.101. The molecule has 1 amide bonds. The number of hydrogen-bond acceptors (Lipinski definition) is 4. The van der Waals surface area contributed by atoms with Crippen LogP contribution in [0.3, 0.4) is 0 Å². The summed E-state index contributed by atoms with van der Waals surface area (Å²) in [7, 11) is 4.01. The molecule has 1 aliphatic rings. The van der Waals surface area contributed by atoms with Crippen molar-refractivity contribution in [2.45, 2.75) is 50.6 Å². The zero-order valence-corrected chi connectivity index (χ0v) is 14.5. The summed E-state index contributed by atoms with van der Waals surface area (Å²) in [4.78, 5) is 20.1. The van der Waals surface area contributed by atoms with Crippen LogP contribution < -0.4 is 0 Å². The van der Waals surface area contributed by atoms with Crippen molar-refractivity contribution in [2.75, 3.05) is 27.2 Å². The van der Waals surface area contributed by atoms with Crippen molar-refractivity contribution in [3.63, 3.8) is 0 Å². The van der Waals surface area contributed by atoms with Gasteiger partial charge >= 0.3 is 6.18 Å². The van der Waals surface area contributed by atoms with E-state index >= 15 is 0 Å². The number of piperidine rings is 1. The van der Waals surface area contributed by atoms with E-state index in [1.54, 1.807) is 4.90 Å². The van der Waals surface area contributed by atoms with E-state index in [-0.39, 0.29) is 24.7 Å². The van der Waals surface area contributed by atoms with Crippen molar-refractivity contribution in [1.29, 1.82) is 0 Å². The van der Waals surface area contributed by atoms with Crippen LogP contribution in [-0.2, 0) is 11.3 Å². The van der Waals surface area contributed by atoms with Gasteiger partial charge in [-0.25, -0.2) is 4.98 Å². The zero-order chi connectivity index (χ0) is 18.6. The second-order valence-corrected chi connectivity index (χ2v) is 6.64. The Morgan fingerprint density at radius 2 is 2.04 bits per heavy atom. The number of likely N-dealkylation sites (tertiary alicyclic amines) is 1. The minimum atomic E-state index is -4.28. The second kappa shape index (κ2) is 8.18. The smallest absolute Gasteiger partial charge is 0.385 e. The van der Waals surface area contributed by atoms with Gasteiger partial charge < -0.3 is 19.5 Å². The molecule has 1 saturated heterocycles. The fourth-order valence-corrected chi connectivity index (χ4v) is 3.07. The number of imidazole rings is 1. The van der Waals surface area contributed by atoms with Crippen LogP contribution in [-0.4, -0.2) is 69.8 Å². The molecule has 142 valence electrons. The Morgan fingerprint density at radius 1 is 1.40 bits per heavy atom. The highest BCUT2D eigenvalue weighted by molar-refractivity contribution is 5.76. The lowest BCUT2D eigenvalue weighted by molar-refractivity contribution is -0.138. The molecular weight excluding hydrogens is 337 g/mol. The molecule has 6 nitrogen and oxygen atoms in total. The first-order valence-electron chi connectivity index (χ1n) is 8.37. The highest BCUT2D eigenvalue weighted by Gasteiger charge is 2.29. The lowest BCUT2D eigenvalue weighted by Gasteiger charge is -2.35. The minimum Gasteiger partial charge on any atom is -0.385 e. The molecule has 9 heteroatoms. The second-order valence-electron chi connectivity index (χ2n) is 6.64. The van der Waals surface area contributed by atoms with E-state index in [9.17, 15) is 23.1 Å². The summed E-state index contributed by atoms with van der Waals surface area (Å²) in [6.07, 6.45) is -2.20. The van der Waals surface area contributed by atoms with Crippen molar-refractivity contribution in [3.8, 4) is 0 Å². The third-order valence-electron chi connectivity index (χ3n) is 4.60. The van der Waals surface area contributed by atoms with Crippen LogP contribution in [0.4, 0.5) is 13.2 Å². The number of aromatic nitrogens is 2. The SMILES string of the molecule is CN(C)C1CCN(C(=O)C[C@H](O)c2nccn2CCC(F)(F)F)CC1. The topological polar surface area (TPSA) is 61.6 Å². The van der Waals surface area contributed by atoms with Crippen molar-refractivity contribution < 1.29 is 23.1 Å². The number of halogens is 3. The van der Waals surface area contributed by atoms with Crippen LogP contribution in [0.1, 0.15) is 37.6 Å². The van der Waals surface area contributed by atoms with Gasteiger partial charge in [0.05, 0.1) is 12.8 Å². The quantitative estimate of drug-likeness (QED) is 0.839. The van der Waals surface area contributed by atoms with Crippen molar-refractivity contribution >= 4 is 5.91 Å². The normalized spacial score (nSPS) is 18.0. The van der Waals surface area contributed by atoms with E-state index in [1.165, 1.54) is 17.0 Å². The van der Waals surface area contributed by atoms with Gasteiger partial charge in [0.2, 0.25) is 5.91 Å². The highest BCUT2D eigenvalue weighted by Crippen LogP contribution is 2.23. The first kappa shape index (κ1) is 19.7. The summed E-state index contributed by atoms with van der Waals surface area (Å²) in [5.41, 5.74) is 0. The van der Waals surface area contributed by atoms with Crippen LogP contribution in [0.5, 0.6) is 0 Å². The van der Waals surface area contributed by atoms with Crippen LogP contribution in [0, 0.1) is 0 Å². The Morgan fingerprint density at radius 3 is 2.60 bits per heavy atom. The molecule has 0 radical (unpaired) electrons. The predicted octanol–water partition coefficient (Wildman–Crippen LogP) is 1.81. The van der Waals surface area contributed by atoms with Crippen LogP contribution in [0.2, 0.25) is 0 Å². The maximum Gasteiger partial charge on any atom is 0.390 e. The molecule has 1 aliphatic heterocycles. The van der Waals surface area contributed by atoms with Gasteiger partial charge in [-0.2, -0.15) is 13.2 Å². The number of amides is 1. The molecular formula is C16H25F3N4O2. The average Bonchev–Trinajstić information content (AvgIpc) is 3.01. The lowest BCUT2D eigenvalue weighted by atomic mass is 10.0.